The maximum atomic E-state index is 5.61. The SMILES string of the molecule is CCN=C(N)N/N=C/c1cccn1-c1ccccc1Br. The van der Waals surface area contributed by atoms with Gasteiger partial charge in [-0.1, -0.05) is 12.1 Å². The summed E-state index contributed by atoms with van der Waals surface area (Å²) < 4.78 is 3.05. The molecular weight excluding hydrogens is 318 g/mol. The molecule has 0 bridgehead atoms. The lowest BCUT2D eigenvalue weighted by Gasteiger charge is -2.08. The summed E-state index contributed by atoms with van der Waals surface area (Å²) >= 11 is 3.54. The Morgan fingerprint density at radius 1 is 1.35 bits per heavy atom. The highest BCUT2D eigenvalue weighted by Gasteiger charge is 2.04. The number of rotatable bonds is 4. The van der Waals surface area contributed by atoms with E-state index < -0.39 is 0 Å². The first-order valence-corrected chi connectivity index (χ1v) is 7.03. The van der Waals surface area contributed by atoms with Crippen LogP contribution >= 0.6 is 15.9 Å². The molecule has 0 unspecified atom stereocenters. The lowest BCUT2D eigenvalue weighted by Crippen LogP contribution is -2.27. The Morgan fingerprint density at radius 3 is 2.90 bits per heavy atom. The predicted octanol–water partition coefficient (Wildman–Crippen LogP) is 2.50. The van der Waals surface area contributed by atoms with Crippen molar-refractivity contribution in [2.75, 3.05) is 6.54 Å². The lowest BCUT2D eigenvalue weighted by atomic mass is 10.3. The Balaban J connectivity index is 2.20. The summed E-state index contributed by atoms with van der Waals surface area (Å²) in [5.41, 5.74) is 10.3. The molecule has 0 spiro atoms. The van der Waals surface area contributed by atoms with Gasteiger partial charge >= 0.3 is 0 Å². The maximum absolute atomic E-state index is 5.61. The molecule has 0 amide bonds. The van der Waals surface area contributed by atoms with E-state index in [-0.39, 0.29) is 0 Å². The summed E-state index contributed by atoms with van der Waals surface area (Å²) in [4.78, 5) is 3.99. The number of nitrogens with one attached hydrogen (secondary N) is 1. The molecule has 3 N–H and O–H groups in total. The Hall–Kier alpha value is -2.08. The molecule has 0 aliphatic carbocycles. The highest BCUT2D eigenvalue weighted by molar-refractivity contribution is 9.10. The van der Waals surface area contributed by atoms with E-state index in [1.165, 1.54) is 0 Å². The Bertz CT molecular complexity index is 630. The van der Waals surface area contributed by atoms with Crippen molar-refractivity contribution in [2.24, 2.45) is 15.8 Å². The fourth-order valence-corrected chi connectivity index (χ4v) is 2.21. The maximum Gasteiger partial charge on any atom is 0.209 e. The standard InChI is InChI=1S/C14H16BrN5/c1-2-17-14(16)19-18-10-11-6-5-9-20(11)13-8-4-3-7-12(13)15/h3-10H,2H2,1H3,(H3,16,17,19)/b18-10+. The molecule has 0 aliphatic rings. The third-order valence-electron chi connectivity index (χ3n) is 2.60. The molecule has 2 aromatic rings. The molecule has 2 rings (SSSR count). The van der Waals surface area contributed by atoms with Crippen LogP contribution < -0.4 is 11.2 Å². The Morgan fingerprint density at radius 2 is 2.15 bits per heavy atom. The van der Waals surface area contributed by atoms with Gasteiger partial charge in [0.05, 0.1) is 17.6 Å². The summed E-state index contributed by atoms with van der Waals surface area (Å²) in [6.07, 6.45) is 3.68. The van der Waals surface area contributed by atoms with E-state index in [1.807, 2.05) is 54.1 Å². The van der Waals surface area contributed by atoms with Gasteiger partial charge in [-0.25, -0.2) is 5.43 Å². The molecule has 6 heteroatoms. The summed E-state index contributed by atoms with van der Waals surface area (Å²) in [5.74, 6) is 0.308. The number of para-hydroxylation sites is 1. The second-order valence-electron chi connectivity index (χ2n) is 3.98. The van der Waals surface area contributed by atoms with Crippen LogP contribution in [0, 0.1) is 0 Å². The van der Waals surface area contributed by atoms with Crippen LogP contribution in [0.15, 0.2) is 57.2 Å². The topological polar surface area (TPSA) is 67.7 Å². The number of benzene rings is 1. The van der Waals surface area contributed by atoms with Gasteiger partial charge in [0.15, 0.2) is 0 Å². The van der Waals surface area contributed by atoms with E-state index in [2.05, 4.69) is 31.4 Å². The normalized spacial score (nSPS) is 12.0. The highest BCUT2D eigenvalue weighted by Crippen LogP contribution is 2.21. The average Bonchev–Trinajstić information content (AvgIpc) is 2.88. The fourth-order valence-electron chi connectivity index (χ4n) is 1.74. The molecule has 0 radical (unpaired) electrons. The predicted molar refractivity (Wildman–Crippen MR) is 86.4 cm³/mol. The molecule has 104 valence electrons. The van der Waals surface area contributed by atoms with Crippen LogP contribution in [0.3, 0.4) is 0 Å². The molecule has 5 nitrogen and oxygen atoms in total. The number of nitrogens with two attached hydrogens (primary N) is 1. The van der Waals surface area contributed by atoms with Gasteiger partial charge in [-0.15, -0.1) is 0 Å². The highest BCUT2D eigenvalue weighted by atomic mass is 79.9. The van der Waals surface area contributed by atoms with E-state index in [4.69, 9.17) is 5.73 Å². The smallest absolute Gasteiger partial charge is 0.209 e. The third-order valence-corrected chi connectivity index (χ3v) is 3.27. The minimum Gasteiger partial charge on any atom is -0.369 e. The summed E-state index contributed by atoms with van der Waals surface area (Å²) in [5, 5.41) is 4.08. The van der Waals surface area contributed by atoms with Crippen molar-refractivity contribution in [1.29, 1.82) is 0 Å². The van der Waals surface area contributed by atoms with Gasteiger partial charge in [-0.2, -0.15) is 5.10 Å². The van der Waals surface area contributed by atoms with Crippen LogP contribution in [0.2, 0.25) is 0 Å². The zero-order valence-electron chi connectivity index (χ0n) is 11.1. The summed E-state index contributed by atoms with van der Waals surface area (Å²) in [6.45, 7) is 2.54. The van der Waals surface area contributed by atoms with Crippen LogP contribution in [-0.4, -0.2) is 23.3 Å². The van der Waals surface area contributed by atoms with Crippen LogP contribution in [-0.2, 0) is 0 Å². The van der Waals surface area contributed by atoms with E-state index in [1.54, 1.807) is 6.21 Å². The number of aliphatic imine (C=N–C) groups is 1. The molecule has 1 aromatic carbocycles. The molecule has 1 aromatic heterocycles. The average molecular weight is 334 g/mol. The molecule has 1 heterocycles. The van der Waals surface area contributed by atoms with Gasteiger partial charge in [0, 0.05) is 17.2 Å². The van der Waals surface area contributed by atoms with Crippen molar-refractivity contribution in [3.8, 4) is 5.69 Å². The van der Waals surface area contributed by atoms with Gasteiger partial charge in [-0.3, -0.25) is 4.99 Å². The Labute approximate surface area is 126 Å². The molecule has 0 fully saturated rings. The van der Waals surface area contributed by atoms with E-state index in [0.717, 1.165) is 15.9 Å². The second-order valence-corrected chi connectivity index (χ2v) is 4.84. The number of nitrogens with zero attached hydrogens (tertiary/aromatic N) is 3. The van der Waals surface area contributed by atoms with Gasteiger partial charge in [0.2, 0.25) is 5.96 Å². The number of hydrogen-bond acceptors (Lipinski definition) is 2. The fraction of sp³-hybridized carbons (Fsp3) is 0.143. The molecular formula is C14H16BrN5. The van der Waals surface area contributed by atoms with Crippen LogP contribution in [0.4, 0.5) is 0 Å². The number of guanidine groups is 1. The van der Waals surface area contributed by atoms with Crippen molar-refractivity contribution in [1.82, 2.24) is 9.99 Å². The molecule has 0 atom stereocenters. The first kappa shape index (κ1) is 14.3. The largest absolute Gasteiger partial charge is 0.369 e. The molecule has 0 aliphatic heterocycles. The minimum absolute atomic E-state index is 0.308. The number of hydrazone groups is 1. The van der Waals surface area contributed by atoms with Gasteiger partial charge in [0.1, 0.15) is 0 Å². The summed E-state index contributed by atoms with van der Waals surface area (Å²) in [6, 6.07) is 11.9. The lowest BCUT2D eigenvalue weighted by molar-refractivity contribution is 0.974. The zero-order valence-corrected chi connectivity index (χ0v) is 12.7. The Kier molecular flexibility index (Phi) is 4.95. The van der Waals surface area contributed by atoms with Crippen LogP contribution in [0.1, 0.15) is 12.6 Å². The van der Waals surface area contributed by atoms with Crippen LogP contribution in [0.25, 0.3) is 5.69 Å². The number of halogens is 1. The quantitative estimate of drug-likeness (QED) is 0.512. The van der Waals surface area contributed by atoms with Crippen molar-refractivity contribution in [3.63, 3.8) is 0 Å². The first-order valence-electron chi connectivity index (χ1n) is 6.23. The first-order chi connectivity index (χ1) is 9.72. The van der Waals surface area contributed by atoms with E-state index in [0.29, 0.717) is 12.5 Å². The van der Waals surface area contributed by atoms with Gasteiger partial charge < -0.3 is 10.3 Å². The van der Waals surface area contributed by atoms with Gasteiger partial charge in [0.25, 0.3) is 0 Å². The number of hydrogen-bond donors (Lipinski definition) is 2. The molecule has 20 heavy (non-hydrogen) atoms. The third kappa shape index (κ3) is 3.48. The molecule has 0 saturated heterocycles. The zero-order chi connectivity index (χ0) is 14.4. The van der Waals surface area contributed by atoms with Crippen molar-refractivity contribution in [3.05, 3.63) is 52.8 Å². The van der Waals surface area contributed by atoms with E-state index in [9.17, 15) is 0 Å². The molecule has 0 saturated carbocycles. The van der Waals surface area contributed by atoms with Crippen molar-refractivity contribution >= 4 is 28.1 Å². The van der Waals surface area contributed by atoms with Crippen LogP contribution in [0.5, 0.6) is 0 Å². The minimum atomic E-state index is 0.308. The van der Waals surface area contributed by atoms with E-state index >= 15 is 0 Å². The monoisotopic (exact) mass is 333 g/mol. The summed E-state index contributed by atoms with van der Waals surface area (Å²) in [7, 11) is 0. The van der Waals surface area contributed by atoms with Gasteiger partial charge in [-0.05, 0) is 47.1 Å². The number of aromatic nitrogens is 1. The second kappa shape index (κ2) is 6.91. The van der Waals surface area contributed by atoms with Crippen molar-refractivity contribution in [2.45, 2.75) is 6.92 Å². The van der Waals surface area contributed by atoms with Crippen molar-refractivity contribution < 1.29 is 0 Å².